The Balaban J connectivity index is 1.20. The van der Waals surface area contributed by atoms with Gasteiger partial charge in [-0.1, -0.05) is 68.1 Å². The van der Waals surface area contributed by atoms with Gasteiger partial charge in [0.15, 0.2) is 0 Å². The van der Waals surface area contributed by atoms with E-state index < -0.39 is 11.1 Å². The number of likely N-dealkylation sites (tertiary alicyclic amines) is 1. The van der Waals surface area contributed by atoms with Gasteiger partial charge >= 0.3 is 6.09 Å². The van der Waals surface area contributed by atoms with Crippen molar-refractivity contribution in [1.29, 1.82) is 0 Å². The lowest BCUT2D eigenvalue weighted by atomic mass is 9.89. The fourth-order valence-corrected chi connectivity index (χ4v) is 7.80. The van der Waals surface area contributed by atoms with Crippen molar-refractivity contribution >= 4 is 39.3 Å². The van der Waals surface area contributed by atoms with Crippen molar-refractivity contribution in [1.82, 2.24) is 15.5 Å². The van der Waals surface area contributed by atoms with Gasteiger partial charge in [-0.25, -0.2) is 4.79 Å². The van der Waals surface area contributed by atoms with E-state index in [0.29, 0.717) is 23.6 Å². The number of nitrogens with zero attached hydrogens (tertiary/aromatic N) is 1. The molecule has 0 spiro atoms. The fraction of sp³-hybridized carbons (Fsp3) is 0.541. The highest BCUT2D eigenvalue weighted by Crippen LogP contribution is 2.33. The molecule has 242 valence electrons. The van der Waals surface area contributed by atoms with E-state index in [1.165, 1.54) is 22.5 Å². The lowest BCUT2D eigenvalue weighted by Crippen LogP contribution is -2.59. The van der Waals surface area contributed by atoms with Crippen LogP contribution in [0.4, 0.5) is 4.79 Å². The first kappa shape index (κ1) is 33.0. The molecule has 1 aromatic heterocycles. The number of benzene rings is 2. The van der Waals surface area contributed by atoms with Gasteiger partial charge in [-0.2, -0.15) is 0 Å². The van der Waals surface area contributed by atoms with Crippen LogP contribution in [0.3, 0.4) is 0 Å². The zero-order valence-electron chi connectivity index (χ0n) is 27.3. The molecule has 2 fully saturated rings. The third-order valence-corrected chi connectivity index (χ3v) is 10.3. The summed E-state index contributed by atoms with van der Waals surface area (Å²) in [6, 6.07) is 18.4. The first-order valence-corrected chi connectivity index (χ1v) is 17.5. The molecule has 1 saturated heterocycles. The average Bonchev–Trinajstić information content (AvgIpc) is 3.65. The van der Waals surface area contributed by atoms with E-state index in [1.54, 1.807) is 0 Å². The number of carbonyl (C=O) groups is 3. The maximum atomic E-state index is 14.0. The lowest BCUT2D eigenvalue weighted by Gasteiger charge is -2.34. The van der Waals surface area contributed by atoms with Crippen LogP contribution in [0.25, 0.3) is 10.1 Å². The van der Waals surface area contributed by atoms with Gasteiger partial charge in [0, 0.05) is 23.8 Å². The number of piperidine rings is 1. The molecule has 8 heteroatoms. The molecule has 3 amide bonds. The molecule has 1 atom stereocenters. The zero-order valence-corrected chi connectivity index (χ0v) is 28.1. The maximum Gasteiger partial charge on any atom is 0.410 e. The Bertz CT molecular complexity index is 1460. The van der Waals surface area contributed by atoms with Crippen LogP contribution >= 0.6 is 11.3 Å². The summed E-state index contributed by atoms with van der Waals surface area (Å²) in [5, 5.41) is 7.66. The second-order valence-corrected chi connectivity index (χ2v) is 15.2. The minimum atomic E-state index is -0.882. The van der Waals surface area contributed by atoms with Gasteiger partial charge in [0.1, 0.15) is 11.1 Å². The molecule has 45 heavy (non-hydrogen) atoms. The van der Waals surface area contributed by atoms with Crippen molar-refractivity contribution in [3.05, 3.63) is 70.6 Å². The van der Waals surface area contributed by atoms with E-state index >= 15 is 0 Å². The molecule has 3 aromatic rings. The number of hydrogen-bond donors (Lipinski definition) is 2. The Hall–Kier alpha value is -3.39. The summed E-state index contributed by atoms with van der Waals surface area (Å²) in [4.78, 5) is 42.5. The van der Waals surface area contributed by atoms with Gasteiger partial charge in [-0.05, 0) is 101 Å². The Morgan fingerprint density at radius 3 is 2.42 bits per heavy atom. The second kappa shape index (κ2) is 14.4. The molecule has 0 bridgehead atoms. The van der Waals surface area contributed by atoms with Crippen molar-refractivity contribution in [2.75, 3.05) is 13.1 Å². The van der Waals surface area contributed by atoms with E-state index in [9.17, 15) is 14.4 Å². The second-order valence-electron chi connectivity index (χ2n) is 14.1. The Labute approximate surface area is 272 Å². The molecule has 2 N–H and O–H groups in total. The average molecular weight is 632 g/mol. The number of carbonyl (C=O) groups excluding carboxylic acids is 3. The van der Waals surface area contributed by atoms with E-state index in [1.807, 2.05) is 49.9 Å². The van der Waals surface area contributed by atoms with Crippen molar-refractivity contribution in [3.63, 3.8) is 0 Å². The van der Waals surface area contributed by atoms with E-state index in [-0.39, 0.29) is 23.9 Å². The van der Waals surface area contributed by atoms with Crippen LogP contribution in [0.2, 0.25) is 0 Å². The first-order valence-electron chi connectivity index (χ1n) is 16.7. The molecule has 2 aromatic carbocycles. The van der Waals surface area contributed by atoms with Crippen LogP contribution in [-0.2, 0) is 16.0 Å². The fourth-order valence-electron chi connectivity index (χ4n) is 6.75. The largest absolute Gasteiger partial charge is 0.444 e. The van der Waals surface area contributed by atoms with Gasteiger partial charge in [0.2, 0.25) is 5.91 Å². The van der Waals surface area contributed by atoms with Crippen molar-refractivity contribution < 1.29 is 19.1 Å². The number of rotatable bonds is 10. The van der Waals surface area contributed by atoms with Gasteiger partial charge in [-0.15, -0.1) is 11.3 Å². The first-order chi connectivity index (χ1) is 21.5. The topological polar surface area (TPSA) is 87.7 Å². The summed E-state index contributed by atoms with van der Waals surface area (Å²) in [6.45, 7) is 9.21. The van der Waals surface area contributed by atoms with Crippen LogP contribution in [0.5, 0.6) is 0 Å². The summed E-state index contributed by atoms with van der Waals surface area (Å²) >= 11 is 1.49. The van der Waals surface area contributed by atoms with E-state index in [0.717, 1.165) is 74.5 Å². The Morgan fingerprint density at radius 2 is 1.73 bits per heavy atom. The van der Waals surface area contributed by atoms with Gasteiger partial charge in [0.25, 0.3) is 5.91 Å². The standard InChI is InChI=1S/C37H49N3O4S/c1-26-15-16-29-25-32(45-31(29)23-26)33(41)39-37(19-8-9-20-37)34(42)38-30(24-28-11-6-5-7-12-28)14-10-13-27-17-21-40(22-18-27)35(43)44-36(2,3)4/h5-7,11-12,15-16,23,25,27,30H,8-10,13-14,17-22,24H2,1-4H3,(H,38,42)(H,39,41)/t30-/m0/s1. The van der Waals surface area contributed by atoms with Crippen molar-refractivity contribution in [3.8, 4) is 0 Å². The third-order valence-electron chi connectivity index (χ3n) is 9.24. The molecular formula is C37H49N3O4S. The molecule has 1 aliphatic carbocycles. The van der Waals surface area contributed by atoms with Crippen LogP contribution < -0.4 is 10.6 Å². The molecule has 0 unspecified atom stereocenters. The monoisotopic (exact) mass is 631 g/mol. The number of aryl methyl sites for hydroxylation is 1. The number of thiophene rings is 1. The minimum absolute atomic E-state index is 0.0246. The number of hydrogen-bond acceptors (Lipinski definition) is 5. The summed E-state index contributed by atoms with van der Waals surface area (Å²) in [5.41, 5.74) is 0.994. The summed E-state index contributed by atoms with van der Waals surface area (Å²) in [7, 11) is 0. The Morgan fingerprint density at radius 1 is 1.02 bits per heavy atom. The van der Waals surface area contributed by atoms with Crippen molar-refractivity contribution in [2.45, 2.75) is 109 Å². The van der Waals surface area contributed by atoms with Gasteiger partial charge in [-0.3, -0.25) is 9.59 Å². The molecule has 1 aliphatic heterocycles. The lowest BCUT2D eigenvalue weighted by molar-refractivity contribution is -0.128. The maximum absolute atomic E-state index is 14.0. The number of amides is 3. The molecular weight excluding hydrogens is 582 g/mol. The van der Waals surface area contributed by atoms with E-state index in [4.69, 9.17) is 4.74 Å². The number of fused-ring (bicyclic) bond motifs is 1. The highest BCUT2D eigenvalue weighted by molar-refractivity contribution is 7.20. The Kier molecular flexibility index (Phi) is 10.5. The zero-order chi connectivity index (χ0) is 32.0. The third kappa shape index (κ3) is 8.87. The van der Waals surface area contributed by atoms with Crippen LogP contribution in [0.1, 0.15) is 99.4 Å². The highest BCUT2D eigenvalue weighted by atomic mass is 32.1. The van der Waals surface area contributed by atoms with Crippen LogP contribution in [-0.4, -0.2) is 53.1 Å². The van der Waals surface area contributed by atoms with Crippen molar-refractivity contribution in [2.24, 2.45) is 5.92 Å². The van der Waals surface area contributed by atoms with Gasteiger partial charge in [0.05, 0.1) is 4.88 Å². The normalized spacial score (nSPS) is 17.6. The predicted octanol–water partition coefficient (Wildman–Crippen LogP) is 7.80. The summed E-state index contributed by atoms with van der Waals surface area (Å²) < 4.78 is 6.64. The molecule has 0 radical (unpaired) electrons. The molecule has 7 nitrogen and oxygen atoms in total. The predicted molar refractivity (Wildman–Crippen MR) is 182 cm³/mol. The van der Waals surface area contributed by atoms with Crippen LogP contribution in [0, 0.1) is 12.8 Å². The molecule has 2 heterocycles. The molecule has 1 saturated carbocycles. The van der Waals surface area contributed by atoms with Crippen LogP contribution in [0.15, 0.2) is 54.6 Å². The number of ether oxygens (including phenoxy) is 1. The minimum Gasteiger partial charge on any atom is -0.444 e. The summed E-state index contributed by atoms with van der Waals surface area (Å²) in [5.74, 6) is 0.336. The quantitative estimate of drug-likeness (QED) is 0.239. The molecule has 2 aliphatic rings. The van der Waals surface area contributed by atoms with E-state index in [2.05, 4.69) is 47.9 Å². The molecule has 5 rings (SSSR count). The summed E-state index contributed by atoms with van der Waals surface area (Å²) in [6.07, 6.45) is 8.56. The smallest absolute Gasteiger partial charge is 0.410 e. The SMILES string of the molecule is Cc1ccc2cc(C(=O)NC3(C(=O)N[C@@H](CCCC4CCN(C(=O)OC(C)(C)C)CC4)Cc4ccccc4)CCCC3)sc2c1. The van der Waals surface area contributed by atoms with Gasteiger partial charge < -0.3 is 20.3 Å². The highest BCUT2D eigenvalue weighted by Gasteiger charge is 2.43. The number of nitrogens with one attached hydrogen (secondary N) is 2.